The Morgan fingerprint density at radius 2 is 2.00 bits per heavy atom. The maximum Gasteiger partial charge on any atom is 0.227 e. The van der Waals surface area contributed by atoms with E-state index in [4.69, 9.17) is 0 Å². The van der Waals surface area contributed by atoms with Crippen LogP contribution in [-0.4, -0.2) is 24.1 Å². The van der Waals surface area contributed by atoms with Crippen LogP contribution in [0, 0.1) is 0 Å². The molecule has 5 heteroatoms. The Balaban J connectivity index is 1.94. The highest BCUT2D eigenvalue weighted by Crippen LogP contribution is 2.37. The summed E-state index contributed by atoms with van der Waals surface area (Å²) in [5.74, 6) is 0.767. The number of carbonyl (C=O) groups is 2. The number of hydrogen-bond donors (Lipinski definition) is 2. The van der Waals surface area contributed by atoms with Crippen molar-refractivity contribution in [3.8, 4) is 0 Å². The molecular weight excluding hydrogens is 272 g/mol. The summed E-state index contributed by atoms with van der Waals surface area (Å²) in [7, 11) is 0. The zero-order chi connectivity index (χ0) is 14.1. The molecule has 0 unspecified atom stereocenters. The van der Waals surface area contributed by atoms with Gasteiger partial charge in [-0.2, -0.15) is 12.6 Å². The van der Waals surface area contributed by atoms with E-state index >= 15 is 0 Å². The lowest BCUT2D eigenvalue weighted by molar-refractivity contribution is -0.119. The van der Waals surface area contributed by atoms with E-state index in [1.54, 1.807) is 0 Å². The van der Waals surface area contributed by atoms with Crippen molar-refractivity contribution in [3.63, 3.8) is 0 Å². The lowest BCUT2D eigenvalue weighted by Gasteiger charge is -2.35. The minimum Gasteiger partial charge on any atom is -0.326 e. The highest BCUT2D eigenvalue weighted by Gasteiger charge is 2.29. The van der Waals surface area contributed by atoms with E-state index in [-0.39, 0.29) is 11.8 Å². The smallest absolute Gasteiger partial charge is 0.227 e. The van der Waals surface area contributed by atoms with Crippen LogP contribution in [0.3, 0.4) is 0 Å². The number of amides is 2. The molecule has 1 aromatic carbocycles. The second-order valence-electron chi connectivity index (χ2n) is 5.31. The molecule has 0 aromatic heterocycles. The molecule has 0 fully saturated rings. The van der Waals surface area contributed by atoms with Crippen molar-refractivity contribution in [2.45, 2.75) is 32.1 Å². The zero-order valence-corrected chi connectivity index (χ0v) is 12.2. The van der Waals surface area contributed by atoms with Gasteiger partial charge in [-0.3, -0.25) is 9.59 Å². The van der Waals surface area contributed by atoms with Crippen LogP contribution in [0.5, 0.6) is 0 Å². The lowest BCUT2D eigenvalue weighted by atomic mass is 9.91. The zero-order valence-electron chi connectivity index (χ0n) is 11.3. The second-order valence-corrected chi connectivity index (χ2v) is 5.76. The van der Waals surface area contributed by atoms with E-state index in [9.17, 15) is 9.59 Å². The summed E-state index contributed by atoms with van der Waals surface area (Å²) < 4.78 is 0. The van der Waals surface area contributed by atoms with Crippen molar-refractivity contribution in [2.75, 3.05) is 22.5 Å². The monoisotopic (exact) mass is 290 g/mol. The van der Waals surface area contributed by atoms with Crippen molar-refractivity contribution in [2.24, 2.45) is 0 Å². The molecule has 0 bridgehead atoms. The van der Waals surface area contributed by atoms with Crippen LogP contribution in [-0.2, 0) is 22.4 Å². The summed E-state index contributed by atoms with van der Waals surface area (Å²) in [5.41, 5.74) is 4.31. The van der Waals surface area contributed by atoms with E-state index in [0.29, 0.717) is 18.6 Å². The third kappa shape index (κ3) is 2.42. The van der Waals surface area contributed by atoms with Gasteiger partial charge >= 0.3 is 0 Å². The Hall–Kier alpha value is -1.49. The molecule has 20 heavy (non-hydrogen) atoms. The van der Waals surface area contributed by atoms with Gasteiger partial charge in [-0.1, -0.05) is 0 Å². The number of thiol groups is 1. The molecule has 1 N–H and O–H groups in total. The van der Waals surface area contributed by atoms with E-state index in [1.165, 1.54) is 11.1 Å². The van der Waals surface area contributed by atoms with E-state index < -0.39 is 0 Å². The number of nitrogens with one attached hydrogen (secondary N) is 1. The second kappa shape index (κ2) is 5.48. The summed E-state index contributed by atoms with van der Waals surface area (Å²) in [6.07, 6.45) is 3.73. The van der Waals surface area contributed by atoms with Gasteiger partial charge in [0.05, 0.1) is 5.69 Å². The normalized spacial score (nSPS) is 16.9. The first-order valence-corrected chi connectivity index (χ1v) is 7.69. The van der Waals surface area contributed by atoms with Crippen LogP contribution in [0.25, 0.3) is 0 Å². The minimum absolute atomic E-state index is 0.00768. The molecule has 0 aliphatic carbocycles. The largest absolute Gasteiger partial charge is 0.326 e. The van der Waals surface area contributed by atoms with Crippen molar-refractivity contribution < 1.29 is 9.59 Å². The highest BCUT2D eigenvalue weighted by molar-refractivity contribution is 7.80. The number of hydrogen-bond acceptors (Lipinski definition) is 3. The molecule has 0 saturated heterocycles. The Labute approximate surface area is 123 Å². The Morgan fingerprint density at radius 3 is 2.75 bits per heavy atom. The third-order valence-corrected chi connectivity index (χ3v) is 4.12. The Kier molecular flexibility index (Phi) is 3.70. The number of rotatable bonds is 3. The number of aryl methyl sites for hydroxylation is 2. The first kappa shape index (κ1) is 13.5. The maximum absolute atomic E-state index is 12.0. The average molecular weight is 290 g/mol. The summed E-state index contributed by atoms with van der Waals surface area (Å²) in [5, 5.41) is 2.93. The Bertz CT molecular complexity index is 554. The fourth-order valence-corrected chi connectivity index (χ4v) is 3.25. The third-order valence-electron chi connectivity index (χ3n) is 3.90. The fraction of sp³-hybridized carbons (Fsp3) is 0.467. The first-order chi connectivity index (χ1) is 9.69. The number of nitrogens with zero attached hydrogens (tertiary/aromatic N) is 1. The molecule has 0 spiro atoms. The lowest BCUT2D eigenvalue weighted by Crippen LogP contribution is -2.39. The topological polar surface area (TPSA) is 49.4 Å². The van der Waals surface area contributed by atoms with Crippen molar-refractivity contribution in [3.05, 3.63) is 23.3 Å². The van der Waals surface area contributed by atoms with Crippen molar-refractivity contribution in [1.82, 2.24) is 0 Å². The number of anilines is 2. The highest BCUT2D eigenvalue weighted by atomic mass is 32.1. The molecule has 0 atom stereocenters. The molecule has 3 rings (SSSR count). The number of benzene rings is 1. The van der Waals surface area contributed by atoms with Gasteiger partial charge in [-0.05, 0) is 48.3 Å². The van der Waals surface area contributed by atoms with Crippen LogP contribution < -0.4 is 10.2 Å². The van der Waals surface area contributed by atoms with Gasteiger partial charge in [0.15, 0.2) is 0 Å². The van der Waals surface area contributed by atoms with Crippen LogP contribution in [0.1, 0.15) is 30.4 Å². The molecule has 0 saturated carbocycles. The van der Waals surface area contributed by atoms with Gasteiger partial charge in [0, 0.05) is 25.1 Å². The molecule has 2 heterocycles. The molecule has 2 aliphatic heterocycles. The quantitative estimate of drug-likeness (QED) is 0.838. The summed E-state index contributed by atoms with van der Waals surface area (Å²) in [6.45, 7) is 0.824. The minimum atomic E-state index is -0.00768. The van der Waals surface area contributed by atoms with Crippen LogP contribution >= 0.6 is 12.6 Å². The molecule has 1 aromatic rings. The summed E-state index contributed by atoms with van der Waals surface area (Å²) in [6, 6.07) is 4.03. The first-order valence-electron chi connectivity index (χ1n) is 7.06. The van der Waals surface area contributed by atoms with Crippen LogP contribution in [0.15, 0.2) is 12.1 Å². The van der Waals surface area contributed by atoms with Gasteiger partial charge in [0.25, 0.3) is 0 Å². The number of carbonyl (C=O) groups excluding carboxylic acids is 2. The van der Waals surface area contributed by atoms with Crippen LogP contribution in [0.2, 0.25) is 0 Å². The van der Waals surface area contributed by atoms with Gasteiger partial charge in [0.2, 0.25) is 11.8 Å². The summed E-state index contributed by atoms with van der Waals surface area (Å²) >= 11 is 4.07. The predicted molar refractivity (Wildman–Crippen MR) is 82.5 cm³/mol. The van der Waals surface area contributed by atoms with Crippen molar-refractivity contribution in [1.29, 1.82) is 0 Å². The van der Waals surface area contributed by atoms with E-state index in [1.807, 2.05) is 17.0 Å². The van der Waals surface area contributed by atoms with Gasteiger partial charge in [-0.15, -0.1) is 0 Å². The van der Waals surface area contributed by atoms with Crippen molar-refractivity contribution >= 4 is 35.8 Å². The van der Waals surface area contributed by atoms with E-state index in [2.05, 4.69) is 17.9 Å². The molecular formula is C15H18N2O2S. The molecule has 2 aliphatic rings. The molecule has 106 valence electrons. The van der Waals surface area contributed by atoms with E-state index in [0.717, 1.165) is 37.2 Å². The van der Waals surface area contributed by atoms with Gasteiger partial charge in [0.1, 0.15) is 0 Å². The standard InChI is InChI=1S/C15H18N2O2S/c18-13(5-7-20)16-12-8-10-2-1-6-17-14(19)4-3-11(9-12)15(10)17/h8-9,20H,1-7H2,(H,16,18). The van der Waals surface area contributed by atoms with Gasteiger partial charge in [-0.25, -0.2) is 0 Å². The molecule has 2 amide bonds. The average Bonchev–Trinajstić information content (AvgIpc) is 2.43. The fourth-order valence-electron chi connectivity index (χ4n) is 3.05. The maximum atomic E-state index is 12.0. The predicted octanol–water partition coefficient (Wildman–Crippen LogP) is 2.17. The molecule has 4 nitrogen and oxygen atoms in total. The summed E-state index contributed by atoms with van der Waals surface area (Å²) in [4.78, 5) is 25.6. The van der Waals surface area contributed by atoms with Crippen LogP contribution in [0.4, 0.5) is 11.4 Å². The SMILES string of the molecule is O=C(CCS)Nc1cc2c3c(c1)CCC(=O)N3CCC2. The molecule has 0 radical (unpaired) electrons. The van der Waals surface area contributed by atoms with Gasteiger partial charge < -0.3 is 10.2 Å². The Morgan fingerprint density at radius 1 is 1.25 bits per heavy atom.